The van der Waals surface area contributed by atoms with Crippen LogP contribution in [0.1, 0.15) is 5.56 Å². The van der Waals surface area contributed by atoms with Gasteiger partial charge in [-0.05, 0) is 17.7 Å². The van der Waals surface area contributed by atoms with Crippen LogP contribution in [0.2, 0.25) is 0 Å². The number of benzene rings is 1. The Labute approximate surface area is 141 Å². The molecule has 1 heterocycles. The van der Waals surface area contributed by atoms with Crippen LogP contribution in [-0.4, -0.2) is 64.5 Å². The maximum Gasteiger partial charge on any atom is 0.241 e. The van der Waals surface area contributed by atoms with Crippen LogP contribution >= 0.6 is 0 Å². The van der Waals surface area contributed by atoms with Gasteiger partial charge in [0.25, 0.3) is 0 Å². The van der Waals surface area contributed by atoms with Crippen LogP contribution in [0.15, 0.2) is 23.2 Å². The maximum atomic E-state index is 11.7. The molecular weight excluding hydrogens is 312 g/mol. The molecule has 2 N–H and O–H groups in total. The molecule has 8 nitrogen and oxygen atoms in total. The summed E-state index contributed by atoms with van der Waals surface area (Å²) in [6.45, 7) is 2.02. The van der Waals surface area contributed by atoms with E-state index >= 15 is 0 Å². The van der Waals surface area contributed by atoms with Crippen molar-refractivity contribution in [2.75, 3.05) is 47.7 Å². The van der Waals surface area contributed by atoms with E-state index in [2.05, 4.69) is 15.6 Å². The molecule has 24 heavy (non-hydrogen) atoms. The topological polar surface area (TPSA) is 84.4 Å². The van der Waals surface area contributed by atoms with Gasteiger partial charge in [-0.3, -0.25) is 4.79 Å². The van der Waals surface area contributed by atoms with Crippen molar-refractivity contribution in [3.63, 3.8) is 0 Å². The van der Waals surface area contributed by atoms with E-state index in [1.165, 1.54) is 4.90 Å². The summed E-state index contributed by atoms with van der Waals surface area (Å²) in [5.41, 5.74) is 0.992. The van der Waals surface area contributed by atoms with Gasteiger partial charge in [-0.2, -0.15) is 0 Å². The fourth-order valence-corrected chi connectivity index (χ4v) is 1.97. The van der Waals surface area contributed by atoms with Crippen molar-refractivity contribution in [2.45, 2.75) is 6.54 Å². The molecule has 0 fully saturated rings. The second-order valence-corrected chi connectivity index (χ2v) is 5.41. The molecule has 1 aromatic rings. The number of likely N-dealkylation sites (N-methyl/N-ethyl adjacent to an activating group) is 1. The summed E-state index contributed by atoms with van der Waals surface area (Å²) < 4.78 is 15.7. The Morgan fingerprint density at radius 3 is 2.83 bits per heavy atom. The number of methoxy groups -OCH3 is 1. The number of hydrogen-bond acceptors (Lipinski definition) is 5. The number of hydrogen-bond donors (Lipinski definition) is 2. The zero-order valence-electron chi connectivity index (χ0n) is 14.3. The van der Waals surface area contributed by atoms with E-state index in [0.29, 0.717) is 25.7 Å². The lowest BCUT2D eigenvalue weighted by molar-refractivity contribution is -0.127. The number of fused-ring (bicyclic) bond motifs is 1. The highest BCUT2D eigenvalue weighted by Gasteiger charge is 2.13. The lowest BCUT2D eigenvalue weighted by atomic mass is 10.2. The van der Waals surface area contributed by atoms with Gasteiger partial charge in [0.05, 0.1) is 19.7 Å². The molecule has 1 aliphatic rings. The van der Waals surface area contributed by atoms with Crippen molar-refractivity contribution in [3.05, 3.63) is 23.8 Å². The zero-order valence-corrected chi connectivity index (χ0v) is 14.3. The predicted molar refractivity (Wildman–Crippen MR) is 90.3 cm³/mol. The summed E-state index contributed by atoms with van der Waals surface area (Å²) in [4.78, 5) is 17.7. The van der Waals surface area contributed by atoms with E-state index in [1.54, 1.807) is 21.2 Å². The van der Waals surface area contributed by atoms with Gasteiger partial charge in [0, 0.05) is 27.7 Å². The third kappa shape index (κ3) is 5.31. The summed E-state index contributed by atoms with van der Waals surface area (Å²) in [5, 5.41) is 6.14. The Kier molecular flexibility index (Phi) is 6.68. The Morgan fingerprint density at radius 1 is 1.29 bits per heavy atom. The minimum atomic E-state index is -0.0284. The van der Waals surface area contributed by atoms with Crippen LogP contribution in [0.5, 0.6) is 11.5 Å². The first-order valence-electron chi connectivity index (χ1n) is 7.70. The largest absolute Gasteiger partial charge is 0.454 e. The SMILES string of the molecule is COCCNC(=NCc1ccc2c(c1)OCO2)NCC(=O)N(C)C. The summed E-state index contributed by atoms with van der Waals surface area (Å²) >= 11 is 0. The highest BCUT2D eigenvalue weighted by atomic mass is 16.7. The molecule has 0 aromatic heterocycles. The Morgan fingerprint density at radius 2 is 2.08 bits per heavy atom. The van der Waals surface area contributed by atoms with Crippen molar-refractivity contribution < 1.29 is 19.0 Å². The number of aliphatic imine (C=N–C) groups is 1. The van der Waals surface area contributed by atoms with Gasteiger partial charge in [0.2, 0.25) is 12.7 Å². The minimum absolute atomic E-state index is 0.0284. The highest BCUT2D eigenvalue weighted by Crippen LogP contribution is 2.32. The molecule has 132 valence electrons. The van der Waals surface area contributed by atoms with Crippen molar-refractivity contribution in [3.8, 4) is 11.5 Å². The first kappa shape index (κ1) is 17.9. The molecule has 0 radical (unpaired) electrons. The van der Waals surface area contributed by atoms with Crippen LogP contribution < -0.4 is 20.1 Å². The van der Waals surface area contributed by atoms with Crippen LogP contribution in [0, 0.1) is 0 Å². The number of carbonyl (C=O) groups is 1. The van der Waals surface area contributed by atoms with Gasteiger partial charge in [-0.25, -0.2) is 4.99 Å². The number of amides is 1. The summed E-state index contributed by atoms with van der Waals surface area (Å²) in [7, 11) is 5.06. The van der Waals surface area contributed by atoms with Crippen molar-refractivity contribution >= 4 is 11.9 Å². The minimum Gasteiger partial charge on any atom is -0.454 e. The smallest absolute Gasteiger partial charge is 0.241 e. The normalized spacial score (nSPS) is 12.9. The van der Waals surface area contributed by atoms with Crippen molar-refractivity contribution in [1.29, 1.82) is 0 Å². The monoisotopic (exact) mass is 336 g/mol. The quantitative estimate of drug-likeness (QED) is 0.420. The molecule has 0 bridgehead atoms. The van der Waals surface area contributed by atoms with Gasteiger partial charge in [0.15, 0.2) is 17.5 Å². The number of nitrogens with one attached hydrogen (secondary N) is 2. The molecule has 2 rings (SSSR count). The molecule has 8 heteroatoms. The van der Waals surface area contributed by atoms with Crippen LogP contribution in [0.3, 0.4) is 0 Å². The summed E-state index contributed by atoms with van der Waals surface area (Å²) in [5.74, 6) is 2.00. The third-order valence-corrected chi connectivity index (χ3v) is 3.36. The summed E-state index contributed by atoms with van der Waals surface area (Å²) in [6, 6.07) is 5.71. The molecule has 0 spiro atoms. The molecule has 1 amide bonds. The Hall–Kier alpha value is -2.48. The molecule has 1 aromatic carbocycles. The van der Waals surface area contributed by atoms with E-state index in [-0.39, 0.29) is 19.2 Å². The fourth-order valence-electron chi connectivity index (χ4n) is 1.97. The number of rotatable bonds is 7. The zero-order chi connectivity index (χ0) is 17.4. The van der Waals surface area contributed by atoms with E-state index in [0.717, 1.165) is 17.1 Å². The second kappa shape index (κ2) is 8.97. The number of carbonyl (C=O) groups excluding carboxylic acids is 1. The lowest BCUT2D eigenvalue weighted by Crippen LogP contribution is -2.43. The first-order chi connectivity index (χ1) is 11.6. The molecule has 0 saturated heterocycles. The predicted octanol–water partition coefficient (Wildman–Crippen LogP) is 0.185. The van der Waals surface area contributed by atoms with E-state index in [4.69, 9.17) is 14.2 Å². The molecule has 0 unspecified atom stereocenters. The lowest BCUT2D eigenvalue weighted by Gasteiger charge is -2.14. The number of ether oxygens (including phenoxy) is 3. The number of guanidine groups is 1. The molecule has 1 aliphatic heterocycles. The molecule has 0 atom stereocenters. The highest BCUT2D eigenvalue weighted by molar-refractivity contribution is 5.86. The van der Waals surface area contributed by atoms with E-state index < -0.39 is 0 Å². The molecule has 0 saturated carbocycles. The van der Waals surface area contributed by atoms with E-state index in [1.807, 2.05) is 18.2 Å². The van der Waals surface area contributed by atoms with Gasteiger partial charge in [-0.1, -0.05) is 6.07 Å². The van der Waals surface area contributed by atoms with Gasteiger partial charge < -0.3 is 29.7 Å². The molecular formula is C16H24N4O4. The maximum absolute atomic E-state index is 11.7. The first-order valence-corrected chi connectivity index (χ1v) is 7.70. The van der Waals surface area contributed by atoms with Crippen LogP contribution in [-0.2, 0) is 16.1 Å². The average molecular weight is 336 g/mol. The van der Waals surface area contributed by atoms with Crippen LogP contribution in [0.4, 0.5) is 0 Å². The van der Waals surface area contributed by atoms with Crippen molar-refractivity contribution in [2.24, 2.45) is 4.99 Å². The van der Waals surface area contributed by atoms with Crippen molar-refractivity contribution in [1.82, 2.24) is 15.5 Å². The van der Waals surface area contributed by atoms with Crippen LogP contribution in [0.25, 0.3) is 0 Å². The summed E-state index contributed by atoms with van der Waals surface area (Å²) in [6.07, 6.45) is 0. The van der Waals surface area contributed by atoms with E-state index in [9.17, 15) is 4.79 Å². The van der Waals surface area contributed by atoms with Gasteiger partial charge >= 0.3 is 0 Å². The Bertz CT molecular complexity index is 589. The average Bonchev–Trinajstić information content (AvgIpc) is 3.04. The second-order valence-electron chi connectivity index (χ2n) is 5.41. The third-order valence-electron chi connectivity index (χ3n) is 3.36. The molecule has 0 aliphatic carbocycles. The van der Waals surface area contributed by atoms with Gasteiger partial charge in [-0.15, -0.1) is 0 Å². The van der Waals surface area contributed by atoms with Gasteiger partial charge in [0.1, 0.15) is 0 Å². The number of nitrogens with zero attached hydrogens (tertiary/aromatic N) is 2. The standard InChI is InChI=1S/C16H24N4O4/c1-20(2)15(21)10-19-16(17-6-7-22-3)18-9-12-4-5-13-14(8-12)24-11-23-13/h4-5,8H,6-7,9-11H2,1-3H3,(H2,17,18,19). The fraction of sp³-hybridized carbons (Fsp3) is 0.500. The Balaban J connectivity index is 1.96.